The second-order valence-corrected chi connectivity index (χ2v) is 20.6. The fraction of sp³-hybridized carbons (Fsp3) is 0.787. The van der Waals surface area contributed by atoms with E-state index in [0.29, 0.717) is 26.1 Å². The van der Waals surface area contributed by atoms with Crippen molar-refractivity contribution in [2.75, 3.05) is 46.9 Å². The first-order chi connectivity index (χ1) is 34.3. The highest BCUT2D eigenvalue weighted by Crippen LogP contribution is 2.40. The lowest BCUT2D eigenvalue weighted by Crippen LogP contribution is -2.31. The summed E-state index contributed by atoms with van der Waals surface area (Å²) in [6.07, 6.45) is 62.4. The van der Waals surface area contributed by atoms with Crippen molar-refractivity contribution < 1.29 is 28.6 Å². The molecular formula is C61H107N3O6. The van der Waals surface area contributed by atoms with E-state index in [1.807, 2.05) is 0 Å². The summed E-state index contributed by atoms with van der Waals surface area (Å²) in [7, 11) is 4.30. The van der Waals surface area contributed by atoms with Crippen LogP contribution in [0.5, 0.6) is 0 Å². The smallest absolute Gasteiger partial charge is 0.253 e. The van der Waals surface area contributed by atoms with Crippen LogP contribution in [0.15, 0.2) is 60.8 Å². The van der Waals surface area contributed by atoms with Crippen molar-refractivity contribution in [3.05, 3.63) is 60.8 Å². The van der Waals surface area contributed by atoms with E-state index in [9.17, 15) is 14.4 Å². The number of ether oxygens (including phenoxy) is 3. The Morgan fingerprint density at radius 2 is 1.03 bits per heavy atom. The largest absolute Gasteiger partial charge is 0.381 e. The molecule has 2 heterocycles. The molecule has 0 aliphatic carbocycles. The van der Waals surface area contributed by atoms with Gasteiger partial charge in [0, 0.05) is 64.3 Å². The van der Waals surface area contributed by atoms with Crippen molar-refractivity contribution in [3.8, 4) is 0 Å². The van der Waals surface area contributed by atoms with Crippen molar-refractivity contribution in [2.45, 2.75) is 263 Å². The number of amides is 3. The van der Waals surface area contributed by atoms with E-state index in [2.05, 4.69) is 86.8 Å². The predicted octanol–water partition coefficient (Wildman–Crippen LogP) is 15.4. The molecule has 2 atom stereocenters. The first kappa shape index (κ1) is 63.3. The Hall–Kier alpha value is -2.85. The Balaban J connectivity index is 1.72. The molecule has 0 bridgehead atoms. The standard InChI is InChI=1S/C61H107N3O6/c1-5-7-9-11-13-15-17-19-21-23-25-27-29-31-33-39-49-61(50-40-34-32-30-28-26-24-22-20-18-16-14-12-10-8-6-2)69-56(47-53-63(3)4)57(70-61)48-55-68-54-43-36-35-41-51-62-58(65)44-38-37-42-52-64-59(66)45-46-60(64)67/h13-16,19-22,45-46,56-57H,5-12,17-18,23-44,47-55H2,1-4H3,(H,62,65)/b15-13-,16-14-,21-19-,22-20-. The van der Waals surface area contributed by atoms with Gasteiger partial charge >= 0.3 is 0 Å². The van der Waals surface area contributed by atoms with Gasteiger partial charge in [-0.15, -0.1) is 0 Å². The lowest BCUT2D eigenvalue weighted by molar-refractivity contribution is -0.188. The molecule has 0 spiro atoms. The van der Waals surface area contributed by atoms with Gasteiger partial charge in [0.2, 0.25) is 5.91 Å². The average Bonchev–Trinajstić information content (AvgIpc) is 3.87. The quantitative estimate of drug-likeness (QED) is 0.0368. The second kappa shape index (κ2) is 44.8. The molecule has 0 aromatic carbocycles. The summed E-state index contributed by atoms with van der Waals surface area (Å²) in [6.45, 7) is 8.07. The molecule has 70 heavy (non-hydrogen) atoms. The van der Waals surface area contributed by atoms with Gasteiger partial charge in [0.05, 0.1) is 12.2 Å². The van der Waals surface area contributed by atoms with Crippen LogP contribution in [0.4, 0.5) is 0 Å². The Morgan fingerprint density at radius 3 is 1.56 bits per heavy atom. The minimum atomic E-state index is -0.476. The summed E-state index contributed by atoms with van der Waals surface area (Å²) in [5, 5.41) is 3.04. The lowest BCUT2D eigenvalue weighted by Gasteiger charge is -2.29. The van der Waals surface area contributed by atoms with E-state index in [1.54, 1.807) is 0 Å². The van der Waals surface area contributed by atoms with Gasteiger partial charge in [0.15, 0.2) is 5.79 Å². The number of nitrogens with one attached hydrogen (secondary N) is 1. The molecule has 1 saturated heterocycles. The third-order valence-corrected chi connectivity index (χ3v) is 13.8. The molecule has 9 heteroatoms. The molecule has 0 aromatic rings. The number of allylic oxidation sites excluding steroid dienone is 8. The fourth-order valence-electron chi connectivity index (χ4n) is 9.42. The molecule has 1 N–H and O–H groups in total. The van der Waals surface area contributed by atoms with Gasteiger partial charge in [-0.25, -0.2) is 0 Å². The van der Waals surface area contributed by atoms with Crippen LogP contribution >= 0.6 is 0 Å². The number of hydrogen-bond acceptors (Lipinski definition) is 7. The van der Waals surface area contributed by atoms with Crippen molar-refractivity contribution in [2.24, 2.45) is 0 Å². The van der Waals surface area contributed by atoms with E-state index in [0.717, 1.165) is 109 Å². The second-order valence-electron chi connectivity index (χ2n) is 20.6. The van der Waals surface area contributed by atoms with Crippen LogP contribution in [0.1, 0.15) is 245 Å². The van der Waals surface area contributed by atoms with Crippen LogP contribution < -0.4 is 5.32 Å². The summed E-state index contributed by atoms with van der Waals surface area (Å²) >= 11 is 0. The van der Waals surface area contributed by atoms with Crippen LogP contribution in [0.25, 0.3) is 0 Å². The van der Waals surface area contributed by atoms with Crippen molar-refractivity contribution in [1.29, 1.82) is 0 Å². The first-order valence-electron chi connectivity index (χ1n) is 29.3. The number of rotatable bonds is 49. The van der Waals surface area contributed by atoms with Crippen molar-refractivity contribution in [1.82, 2.24) is 15.1 Å². The van der Waals surface area contributed by atoms with Crippen molar-refractivity contribution in [3.63, 3.8) is 0 Å². The monoisotopic (exact) mass is 978 g/mol. The lowest BCUT2D eigenvalue weighted by atomic mass is 9.98. The van der Waals surface area contributed by atoms with Gasteiger partial charge in [-0.1, -0.05) is 159 Å². The van der Waals surface area contributed by atoms with E-state index < -0.39 is 5.79 Å². The summed E-state index contributed by atoms with van der Waals surface area (Å²) in [6, 6.07) is 0. The molecule has 2 rings (SSSR count). The van der Waals surface area contributed by atoms with Gasteiger partial charge in [-0.05, 0) is 130 Å². The van der Waals surface area contributed by atoms with Crippen LogP contribution in [-0.2, 0) is 28.6 Å². The van der Waals surface area contributed by atoms with E-state index in [1.165, 1.54) is 145 Å². The molecule has 0 aromatic heterocycles. The maximum Gasteiger partial charge on any atom is 0.253 e. The van der Waals surface area contributed by atoms with Crippen LogP contribution in [0.2, 0.25) is 0 Å². The summed E-state index contributed by atoms with van der Waals surface area (Å²) in [5.41, 5.74) is 0. The molecule has 0 radical (unpaired) electrons. The Kier molecular flexibility index (Phi) is 40.5. The highest BCUT2D eigenvalue weighted by atomic mass is 16.8. The zero-order valence-corrected chi connectivity index (χ0v) is 45.8. The summed E-state index contributed by atoms with van der Waals surface area (Å²) in [5.74, 6) is -0.880. The van der Waals surface area contributed by atoms with E-state index >= 15 is 0 Å². The number of hydrogen-bond donors (Lipinski definition) is 1. The topological polar surface area (TPSA) is 97.4 Å². The minimum absolute atomic E-state index is 0.0635. The van der Waals surface area contributed by atoms with Crippen LogP contribution in [0.3, 0.4) is 0 Å². The minimum Gasteiger partial charge on any atom is -0.381 e. The molecule has 3 amide bonds. The highest BCUT2D eigenvalue weighted by Gasteiger charge is 2.46. The third kappa shape index (κ3) is 34.5. The zero-order chi connectivity index (χ0) is 50.4. The Morgan fingerprint density at radius 1 is 0.571 bits per heavy atom. The van der Waals surface area contributed by atoms with Crippen LogP contribution in [0, 0.1) is 0 Å². The summed E-state index contributed by atoms with van der Waals surface area (Å²) < 4.78 is 20.4. The Bertz CT molecular complexity index is 1370. The van der Waals surface area contributed by atoms with Gasteiger partial charge in [-0.3, -0.25) is 19.3 Å². The van der Waals surface area contributed by atoms with E-state index in [4.69, 9.17) is 14.2 Å². The fourth-order valence-corrected chi connectivity index (χ4v) is 9.42. The van der Waals surface area contributed by atoms with E-state index in [-0.39, 0.29) is 29.9 Å². The molecule has 2 aliphatic heterocycles. The normalized spacial score (nSPS) is 17.2. The molecule has 1 fully saturated rings. The molecular weight excluding hydrogens is 871 g/mol. The molecule has 2 aliphatic rings. The SMILES string of the molecule is CCCCC/C=C\C/C=C\CCCCCCCCC1(CCCCCCCC/C=C\C/C=C\CCCCC)OC(CCOCCCCCCNC(=O)CCCCCN2C(=O)C=CC2=O)C(CCN(C)C)O1. The number of carbonyl (C=O) groups is 3. The van der Waals surface area contributed by atoms with Crippen molar-refractivity contribution >= 4 is 17.7 Å². The average molecular weight is 979 g/mol. The van der Waals surface area contributed by atoms with Gasteiger partial charge < -0.3 is 24.4 Å². The van der Waals surface area contributed by atoms with Crippen LogP contribution in [-0.4, -0.2) is 92.5 Å². The Labute approximate surface area is 430 Å². The number of carbonyl (C=O) groups excluding carboxylic acids is 3. The summed E-state index contributed by atoms with van der Waals surface area (Å²) in [4.78, 5) is 39.1. The van der Waals surface area contributed by atoms with Gasteiger partial charge in [0.25, 0.3) is 11.8 Å². The zero-order valence-electron chi connectivity index (χ0n) is 45.8. The maximum absolute atomic E-state index is 12.3. The molecule has 2 unspecified atom stereocenters. The maximum atomic E-state index is 12.3. The number of nitrogens with zero attached hydrogens (tertiary/aromatic N) is 2. The number of imide groups is 1. The van der Waals surface area contributed by atoms with Gasteiger partial charge in [0.1, 0.15) is 0 Å². The molecule has 0 saturated carbocycles. The highest BCUT2D eigenvalue weighted by molar-refractivity contribution is 6.12. The number of unbranched alkanes of at least 4 members (excludes halogenated alkanes) is 23. The molecule has 402 valence electrons. The molecule has 9 nitrogen and oxygen atoms in total. The van der Waals surface area contributed by atoms with Gasteiger partial charge in [-0.2, -0.15) is 0 Å². The first-order valence-corrected chi connectivity index (χ1v) is 29.3. The predicted molar refractivity (Wildman–Crippen MR) is 295 cm³/mol. The third-order valence-electron chi connectivity index (χ3n) is 13.8.